The summed E-state index contributed by atoms with van der Waals surface area (Å²) in [7, 11) is 0. The van der Waals surface area contributed by atoms with Crippen LogP contribution in [-0.2, 0) is 6.42 Å². The van der Waals surface area contributed by atoms with E-state index in [9.17, 15) is 0 Å². The molecule has 2 heterocycles. The minimum absolute atomic E-state index is 0.203. The van der Waals surface area contributed by atoms with Crippen molar-refractivity contribution in [2.45, 2.75) is 26.2 Å². The molecular weight excluding hydrogens is 775 g/mol. The molecule has 11 aromatic rings. The Balaban J connectivity index is 1.09. The monoisotopic (exact) mass is 817 g/mol. The number of benzene rings is 9. The normalized spacial score (nSPS) is 12.4. The van der Waals surface area contributed by atoms with Crippen LogP contribution in [-0.4, -0.2) is 0 Å². The van der Waals surface area contributed by atoms with Crippen LogP contribution < -0.4 is 4.90 Å². The predicted molar refractivity (Wildman–Crippen MR) is 268 cm³/mol. The summed E-state index contributed by atoms with van der Waals surface area (Å²) in [5.41, 5.74) is 12.4. The van der Waals surface area contributed by atoms with E-state index in [4.69, 9.17) is 0 Å². The van der Waals surface area contributed by atoms with Gasteiger partial charge in [-0.1, -0.05) is 175 Å². The van der Waals surface area contributed by atoms with E-state index in [2.05, 4.69) is 225 Å². The third-order valence-electron chi connectivity index (χ3n) is 12.1. The molecule has 0 amide bonds. The third kappa shape index (κ3) is 7.00. The Morgan fingerprint density at radius 2 is 1.18 bits per heavy atom. The van der Waals surface area contributed by atoms with E-state index in [1.165, 1.54) is 95.7 Å². The van der Waals surface area contributed by atoms with Crippen LogP contribution in [0.3, 0.4) is 0 Å². The second-order valence-electron chi connectivity index (χ2n) is 16.2. The molecule has 292 valence electrons. The highest BCUT2D eigenvalue weighted by atomic mass is 32.1. The molecule has 1 nitrogen and oxygen atoms in total. The molecule has 0 aliphatic carbocycles. The van der Waals surface area contributed by atoms with Gasteiger partial charge in [-0.3, -0.25) is 0 Å². The molecule has 61 heavy (non-hydrogen) atoms. The lowest BCUT2D eigenvalue weighted by atomic mass is 9.87. The molecule has 2 aromatic heterocycles. The quantitative estimate of drug-likeness (QED) is 0.140. The summed E-state index contributed by atoms with van der Waals surface area (Å²) < 4.78 is 5.25. The average Bonchev–Trinajstić information content (AvgIpc) is 3.88. The zero-order valence-electron chi connectivity index (χ0n) is 34.2. The van der Waals surface area contributed by atoms with Crippen molar-refractivity contribution in [2.75, 3.05) is 4.90 Å². The zero-order chi connectivity index (χ0) is 40.9. The molecule has 9 aromatic carbocycles. The van der Waals surface area contributed by atoms with Crippen LogP contribution >= 0.6 is 22.7 Å². The molecule has 1 unspecified atom stereocenters. The van der Waals surface area contributed by atoms with Gasteiger partial charge in [-0.2, -0.15) is 0 Å². The van der Waals surface area contributed by atoms with Crippen molar-refractivity contribution < 1.29 is 0 Å². The summed E-state index contributed by atoms with van der Waals surface area (Å²) in [5.74, 6) is 0.203. The van der Waals surface area contributed by atoms with Gasteiger partial charge in [0.15, 0.2) is 0 Å². The lowest BCUT2D eigenvalue weighted by Gasteiger charge is -2.27. The Morgan fingerprint density at radius 1 is 0.492 bits per heavy atom. The topological polar surface area (TPSA) is 3.24 Å². The highest BCUT2D eigenvalue weighted by molar-refractivity contribution is 7.27. The van der Waals surface area contributed by atoms with Gasteiger partial charge in [0.05, 0.1) is 5.69 Å². The van der Waals surface area contributed by atoms with Gasteiger partial charge in [-0.05, 0) is 101 Å². The number of rotatable bonds is 9. The summed E-state index contributed by atoms with van der Waals surface area (Å²) >= 11 is 3.80. The van der Waals surface area contributed by atoms with E-state index in [-0.39, 0.29) is 5.92 Å². The molecule has 0 saturated carbocycles. The first kappa shape index (κ1) is 37.2. The molecule has 0 saturated heterocycles. The molecule has 3 heteroatoms. The smallest absolute Gasteiger partial charge is 0.0554 e. The Bertz CT molecular complexity index is 3420. The van der Waals surface area contributed by atoms with Gasteiger partial charge in [-0.15, -0.1) is 22.7 Å². The number of hydrogen-bond donors (Lipinski definition) is 0. The fourth-order valence-electron chi connectivity index (χ4n) is 9.22. The van der Waals surface area contributed by atoms with Gasteiger partial charge < -0.3 is 4.90 Å². The first-order valence-corrected chi connectivity index (χ1v) is 22.7. The van der Waals surface area contributed by atoms with Gasteiger partial charge in [-0.25, -0.2) is 0 Å². The Kier molecular flexibility index (Phi) is 9.57. The van der Waals surface area contributed by atoms with Crippen molar-refractivity contribution in [2.24, 2.45) is 0 Å². The molecule has 0 radical (unpaired) electrons. The fraction of sp³-hybridized carbons (Fsp3) is 0.0690. The first-order valence-electron chi connectivity index (χ1n) is 21.1. The number of anilines is 3. The molecule has 0 spiro atoms. The number of hydrogen-bond acceptors (Lipinski definition) is 3. The van der Waals surface area contributed by atoms with Crippen molar-refractivity contribution >= 4 is 96.9 Å². The second kappa shape index (κ2) is 15.7. The summed E-state index contributed by atoms with van der Waals surface area (Å²) in [4.78, 5) is 2.48. The van der Waals surface area contributed by atoms with E-state index in [0.29, 0.717) is 0 Å². The predicted octanol–water partition coefficient (Wildman–Crippen LogP) is 17.4. The number of nitrogens with zero attached hydrogens (tertiary/aromatic N) is 1. The average molecular weight is 818 g/mol. The fourth-order valence-corrected chi connectivity index (χ4v) is 11.7. The highest BCUT2D eigenvalue weighted by Crippen LogP contribution is 2.48. The van der Waals surface area contributed by atoms with Crippen LogP contribution in [0.4, 0.5) is 17.1 Å². The molecule has 11 rings (SSSR count). The summed E-state index contributed by atoms with van der Waals surface area (Å²) in [6.45, 7) is 4.37. The Hall–Kier alpha value is -6.78. The number of thiophene rings is 2. The van der Waals surface area contributed by atoms with Crippen LogP contribution in [0.2, 0.25) is 0 Å². The van der Waals surface area contributed by atoms with Crippen molar-refractivity contribution in [3.8, 4) is 11.1 Å². The van der Waals surface area contributed by atoms with Crippen LogP contribution in [0.25, 0.3) is 68.3 Å². The maximum Gasteiger partial charge on any atom is 0.0554 e. The first-order chi connectivity index (χ1) is 30.0. The minimum atomic E-state index is 0.203. The number of aryl methyl sites for hydroxylation is 2. The molecule has 1 atom stereocenters. The van der Waals surface area contributed by atoms with E-state index < -0.39 is 0 Å². The van der Waals surface area contributed by atoms with E-state index in [0.717, 1.165) is 17.8 Å². The summed E-state index contributed by atoms with van der Waals surface area (Å²) in [5, 5.41) is 7.88. The van der Waals surface area contributed by atoms with Gasteiger partial charge in [0.2, 0.25) is 0 Å². The van der Waals surface area contributed by atoms with Crippen molar-refractivity contribution in [1.82, 2.24) is 0 Å². The maximum absolute atomic E-state index is 2.48. The van der Waals surface area contributed by atoms with E-state index >= 15 is 0 Å². The van der Waals surface area contributed by atoms with Crippen LogP contribution in [0.1, 0.15) is 33.7 Å². The summed E-state index contributed by atoms with van der Waals surface area (Å²) in [6, 6.07) is 71.8. The van der Waals surface area contributed by atoms with E-state index in [1.54, 1.807) is 0 Å². The SMILES string of the molecule is Cc1cccc(/C=C/C(Cc2cc3ccccc3c3sc4cc(N(c5ccc(-c6ccccc6)cc5)c5cccc6sc7ccccc7c56)ccc4c23)c2cccc(C)c2)c1. The van der Waals surface area contributed by atoms with E-state index in [1.807, 2.05) is 22.7 Å². The molecule has 0 aliphatic rings. The second-order valence-corrected chi connectivity index (χ2v) is 18.4. The van der Waals surface area contributed by atoms with Gasteiger partial charge in [0, 0.05) is 57.6 Å². The standard InChI is InChI=1S/C58H43NS2/c1-38-13-10-15-40(33-38)25-26-44(43-19-11-14-39(2)34-43)35-46-36-45-18-6-7-20-49(45)58-56(46)51-32-31-48(37-55(51)61-58)59(47-29-27-42(28-30-47)41-16-4-3-5-17-41)52-22-12-24-54-57(52)50-21-8-9-23-53(50)60-54/h3-34,36-37,44H,35H2,1-2H3/b26-25+. The minimum Gasteiger partial charge on any atom is -0.310 e. The van der Waals surface area contributed by atoms with Crippen LogP contribution in [0.15, 0.2) is 200 Å². The Morgan fingerprint density at radius 3 is 2.02 bits per heavy atom. The van der Waals surface area contributed by atoms with Gasteiger partial charge >= 0.3 is 0 Å². The lowest BCUT2D eigenvalue weighted by molar-refractivity contribution is 0.845. The van der Waals surface area contributed by atoms with Crippen LogP contribution in [0, 0.1) is 13.8 Å². The molecule has 0 fully saturated rings. The largest absolute Gasteiger partial charge is 0.310 e. The molecular formula is C58H43NS2. The van der Waals surface area contributed by atoms with Crippen molar-refractivity contribution in [1.29, 1.82) is 0 Å². The van der Waals surface area contributed by atoms with Crippen molar-refractivity contribution in [3.05, 3.63) is 228 Å². The molecule has 0 aliphatic heterocycles. The third-order valence-corrected chi connectivity index (χ3v) is 14.4. The lowest BCUT2D eigenvalue weighted by Crippen LogP contribution is -2.10. The number of allylic oxidation sites excluding steroid dienone is 1. The van der Waals surface area contributed by atoms with Crippen molar-refractivity contribution in [3.63, 3.8) is 0 Å². The summed E-state index contributed by atoms with van der Waals surface area (Å²) in [6.07, 6.45) is 5.63. The molecule has 0 bridgehead atoms. The Labute approximate surface area is 365 Å². The number of fused-ring (bicyclic) bond motifs is 8. The van der Waals surface area contributed by atoms with Gasteiger partial charge in [0.1, 0.15) is 0 Å². The van der Waals surface area contributed by atoms with Crippen LogP contribution in [0.5, 0.6) is 0 Å². The highest BCUT2D eigenvalue weighted by Gasteiger charge is 2.22. The van der Waals surface area contributed by atoms with Gasteiger partial charge in [0.25, 0.3) is 0 Å². The molecule has 0 N–H and O–H groups in total. The zero-order valence-corrected chi connectivity index (χ0v) is 35.8. The maximum atomic E-state index is 2.48.